The van der Waals surface area contributed by atoms with Gasteiger partial charge in [0.1, 0.15) is 17.6 Å². The Bertz CT molecular complexity index is 1740. The molecular weight excluding hydrogens is 517 g/mol. The van der Waals surface area contributed by atoms with Crippen LogP contribution in [0.5, 0.6) is 0 Å². The number of fused-ring (bicyclic) bond motifs is 1. The number of aromatic nitrogens is 6. The van der Waals surface area contributed by atoms with E-state index >= 15 is 0 Å². The molecule has 0 amide bonds. The number of halogens is 2. The van der Waals surface area contributed by atoms with Crippen LogP contribution < -0.4 is 10.6 Å². The molecule has 0 aliphatic heterocycles. The Morgan fingerprint density at radius 2 is 2.08 bits per heavy atom. The zero-order chi connectivity index (χ0) is 27.9. The van der Waals surface area contributed by atoms with Gasteiger partial charge in [0, 0.05) is 49.2 Å². The van der Waals surface area contributed by atoms with E-state index in [1.165, 1.54) is 18.3 Å². The maximum atomic E-state index is 13.8. The first kappa shape index (κ1) is 23.6. The largest absolute Gasteiger partial charge is 0.383 e. The fourth-order valence-corrected chi connectivity index (χ4v) is 4.79. The quantitative estimate of drug-likeness (QED) is 0.256. The number of nitriles is 1. The van der Waals surface area contributed by atoms with Crippen LogP contribution in [0.15, 0.2) is 61.1 Å². The minimum atomic E-state index is -1.61. The number of anilines is 2. The molecule has 1 saturated carbocycles. The van der Waals surface area contributed by atoms with E-state index in [4.69, 9.17) is 11.6 Å². The Hall–Kier alpha value is -4.49. The minimum Gasteiger partial charge on any atom is -0.383 e. The number of nitrogens with zero attached hydrogens (tertiary/aromatic N) is 7. The fraction of sp³-hybridized carbons (Fsp3) is 0.250. The van der Waals surface area contributed by atoms with Gasteiger partial charge in [0.2, 0.25) is 0 Å². The summed E-state index contributed by atoms with van der Waals surface area (Å²) in [5.41, 5.74) is 3.87. The van der Waals surface area contributed by atoms with Crippen molar-refractivity contribution in [1.29, 1.82) is 5.26 Å². The van der Waals surface area contributed by atoms with Crippen molar-refractivity contribution in [2.24, 2.45) is 7.05 Å². The van der Waals surface area contributed by atoms with Crippen LogP contribution in [0.1, 0.15) is 48.8 Å². The van der Waals surface area contributed by atoms with E-state index in [2.05, 4.69) is 37.1 Å². The molecule has 11 heteroatoms. The molecule has 0 spiro atoms. The molecule has 196 valence electrons. The summed E-state index contributed by atoms with van der Waals surface area (Å²) in [5.74, 6) is -0.404. The van der Waals surface area contributed by atoms with Crippen LogP contribution in [0.2, 0.25) is 5.02 Å². The highest BCUT2D eigenvalue weighted by Crippen LogP contribution is 2.37. The van der Waals surface area contributed by atoms with Crippen molar-refractivity contribution in [3.05, 3.63) is 94.4 Å². The van der Waals surface area contributed by atoms with Gasteiger partial charge < -0.3 is 10.6 Å². The summed E-state index contributed by atoms with van der Waals surface area (Å²) in [6, 6.07) is 12.0. The van der Waals surface area contributed by atoms with Gasteiger partial charge in [0.05, 0.1) is 41.4 Å². The monoisotopic (exact) mass is 542 g/mol. The lowest BCUT2D eigenvalue weighted by molar-refractivity contribution is 0.610. The third kappa shape index (κ3) is 5.13. The first-order valence-electron chi connectivity index (χ1n) is 13.1. The maximum Gasteiger partial charge on any atom is 0.123 e. The number of nitrogens with one attached hydrogen (secondary N) is 2. The van der Waals surface area contributed by atoms with E-state index in [0.29, 0.717) is 57.1 Å². The summed E-state index contributed by atoms with van der Waals surface area (Å²) in [7, 11) is 1.88. The molecule has 3 heterocycles. The predicted octanol–water partition coefficient (Wildman–Crippen LogP) is 5.41. The third-order valence-corrected chi connectivity index (χ3v) is 7.03. The van der Waals surface area contributed by atoms with Crippen LogP contribution in [0.3, 0.4) is 0 Å². The number of aryl methyl sites for hydroxylation is 1. The van der Waals surface area contributed by atoms with Crippen LogP contribution in [-0.4, -0.2) is 36.3 Å². The highest BCUT2D eigenvalue weighted by molar-refractivity contribution is 6.35. The number of pyridine rings is 1. The lowest BCUT2D eigenvalue weighted by Gasteiger charge is -2.20. The molecule has 39 heavy (non-hydrogen) atoms. The average Bonchev–Trinajstić information content (AvgIpc) is 3.52. The molecule has 2 aromatic carbocycles. The van der Waals surface area contributed by atoms with E-state index in [1.807, 2.05) is 13.1 Å². The second kappa shape index (κ2) is 10.3. The smallest absolute Gasteiger partial charge is 0.123 e. The van der Waals surface area contributed by atoms with Gasteiger partial charge >= 0.3 is 0 Å². The van der Waals surface area contributed by atoms with Gasteiger partial charge in [-0.05, 0) is 48.7 Å². The number of hydrogen-bond acceptors (Lipinski definition) is 7. The lowest BCUT2D eigenvalue weighted by Crippen LogP contribution is -2.13. The van der Waals surface area contributed by atoms with E-state index < -0.39 is 11.8 Å². The Balaban J connectivity index is 1.40. The van der Waals surface area contributed by atoms with Gasteiger partial charge in [0.15, 0.2) is 0 Å². The summed E-state index contributed by atoms with van der Waals surface area (Å²) in [6.07, 6.45) is 7.72. The fourth-order valence-electron chi connectivity index (χ4n) is 4.52. The van der Waals surface area contributed by atoms with E-state index in [-0.39, 0.29) is 6.04 Å². The van der Waals surface area contributed by atoms with Crippen molar-refractivity contribution < 1.29 is 5.76 Å². The molecule has 1 aliphatic carbocycles. The van der Waals surface area contributed by atoms with Gasteiger partial charge in [-0.3, -0.25) is 9.67 Å². The summed E-state index contributed by atoms with van der Waals surface area (Å²) >= 11 is 6.69. The van der Waals surface area contributed by atoms with E-state index in [9.17, 15) is 11.0 Å². The predicted molar refractivity (Wildman–Crippen MR) is 147 cm³/mol. The average molecular weight is 543 g/mol. The zero-order valence-electron chi connectivity index (χ0n) is 22.1. The van der Waals surface area contributed by atoms with Crippen molar-refractivity contribution in [2.75, 3.05) is 17.2 Å². The van der Waals surface area contributed by atoms with Crippen molar-refractivity contribution in [2.45, 2.75) is 31.3 Å². The normalized spacial score (nSPS) is 15.0. The molecule has 9 nitrogen and oxygen atoms in total. The molecule has 1 unspecified atom stereocenters. The van der Waals surface area contributed by atoms with Crippen LogP contribution in [0, 0.1) is 17.1 Å². The van der Waals surface area contributed by atoms with Gasteiger partial charge in [-0.1, -0.05) is 28.9 Å². The highest BCUT2D eigenvalue weighted by atomic mass is 35.5. The summed E-state index contributed by atoms with van der Waals surface area (Å²) < 4.78 is 26.9. The molecule has 6 rings (SSSR count). The molecule has 0 bridgehead atoms. The third-order valence-electron chi connectivity index (χ3n) is 6.74. The Kier molecular flexibility index (Phi) is 6.26. The molecule has 1 atom stereocenters. The van der Waals surface area contributed by atoms with Crippen LogP contribution in [0.25, 0.3) is 10.9 Å². The zero-order valence-corrected chi connectivity index (χ0v) is 21.8. The molecule has 5 aromatic rings. The standard InChI is InChI=1S/C28H25ClFN9/c1-38-21(9-11-34-38)8-10-32-26-18(14-31)15-33-28-23(26)12-20(13-24(28)29)35-27(17-2-4-19(30)5-3-17)25-16-39(37-36-25)22-6-7-22/h2-5,9,11-13,15-16,22,27,35H,6-8,10H2,1H3,(H,32,33)/i27D. The summed E-state index contributed by atoms with van der Waals surface area (Å²) in [6.45, 7) is 0.546. The highest BCUT2D eigenvalue weighted by Gasteiger charge is 2.27. The molecular formula is C28H25ClFN9. The summed E-state index contributed by atoms with van der Waals surface area (Å²) in [5, 5.41) is 30.2. The first-order chi connectivity index (χ1) is 19.4. The molecule has 3 aromatic heterocycles. The van der Waals surface area contributed by atoms with E-state index in [0.717, 1.165) is 18.5 Å². The molecule has 0 saturated heterocycles. The maximum absolute atomic E-state index is 13.8. The summed E-state index contributed by atoms with van der Waals surface area (Å²) in [4.78, 5) is 4.43. The SMILES string of the molecule is [2H]C(Nc1cc(Cl)c2ncc(C#N)c(NCCc3ccnn3C)c2c1)(c1ccc(F)cc1)c1cn(C2CC2)nn1. The van der Waals surface area contributed by atoms with Gasteiger partial charge in [-0.25, -0.2) is 9.07 Å². The Labute approximate surface area is 230 Å². The molecule has 1 fully saturated rings. The minimum absolute atomic E-state index is 0.282. The number of hydrogen-bond donors (Lipinski definition) is 2. The second-order valence-corrected chi connectivity index (χ2v) is 9.86. The van der Waals surface area contributed by atoms with Crippen molar-refractivity contribution >= 4 is 33.9 Å². The Morgan fingerprint density at radius 3 is 2.79 bits per heavy atom. The van der Waals surface area contributed by atoms with E-state index in [1.54, 1.807) is 46.0 Å². The van der Waals surface area contributed by atoms with Crippen LogP contribution in [-0.2, 0) is 13.5 Å². The second-order valence-electron chi connectivity index (χ2n) is 9.46. The lowest BCUT2D eigenvalue weighted by atomic mass is 10.0. The molecule has 2 N–H and O–H groups in total. The molecule has 1 aliphatic rings. The van der Waals surface area contributed by atoms with Crippen molar-refractivity contribution in [3.63, 3.8) is 0 Å². The van der Waals surface area contributed by atoms with Gasteiger partial charge in [-0.15, -0.1) is 5.10 Å². The van der Waals surface area contributed by atoms with Crippen LogP contribution >= 0.6 is 11.6 Å². The van der Waals surface area contributed by atoms with Gasteiger partial charge in [0.25, 0.3) is 0 Å². The van der Waals surface area contributed by atoms with Crippen LogP contribution in [0.4, 0.5) is 15.8 Å². The number of rotatable bonds is 9. The number of benzene rings is 2. The topological polar surface area (TPSA) is 109 Å². The van der Waals surface area contributed by atoms with Crippen molar-refractivity contribution in [1.82, 2.24) is 29.8 Å². The Morgan fingerprint density at radius 1 is 1.26 bits per heavy atom. The molecule has 0 radical (unpaired) electrons. The van der Waals surface area contributed by atoms with Crippen molar-refractivity contribution in [3.8, 4) is 6.07 Å². The first-order valence-corrected chi connectivity index (χ1v) is 12.9. The van der Waals surface area contributed by atoms with Gasteiger partial charge in [-0.2, -0.15) is 10.4 Å².